The Kier molecular flexibility index (Phi) is 3.75. The largest absolute Gasteiger partial charge is 0.389 e. The lowest BCUT2D eigenvalue weighted by molar-refractivity contribution is 0.197. The van der Waals surface area contributed by atoms with Gasteiger partial charge in [-0.05, 0) is 20.8 Å². The Balaban J connectivity index is 2.95. The SMILES string of the molecule is Cc1nn(CCS(C)(=O)=O)c(C)c1[C@H](C)O. The number of hydrogen-bond donors (Lipinski definition) is 1. The molecule has 0 fully saturated rings. The monoisotopic (exact) mass is 246 g/mol. The fourth-order valence-corrected chi connectivity index (χ4v) is 2.29. The minimum Gasteiger partial charge on any atom is -0.389 e. The van der Waals surface area contributed by atoms with Gasteiger partial charge in [-0.1, -0.05) is 0 Å². The zero-order chi connectivity index (χ0) is 12.5. The molecule has 1 rings (SSSR count). The maximum atomic E-state index is 11.1. The predicted molar refractivity (Wildman–Crippen MR) is 62.0 cm³/mol. The number of aliphatic hydroxyl groups excluding tert-OH is 1. The van der Waals surface area contributed by atoms with E-state index in [1.165, 1.54) is 6.26 Å². The van der Waals surface area contributed by atoms with Gasteiger partial charge in [0.15, 0.2) is 0 Å². The summed E-state index contributed by atoms with van der Waals surface area (Å²) in [6, 6.07) is 0. The maximum absolute atomic E-state index is 11.1. The Bertz CT molecular complexity index is 474. The van der Waals surface area contributed by atoms with Gasteiger partial charge in [0.05, 0.1) is 24.1 Å². The van der Waals surface area contributed by atoms with Crippen molar-refractivity contribution in [1.29, 1.82) is 0 Å². The first-order chi connectivity index (χ1) is 7.22. The van der Waals surface area contributed by atoms with Gasteiger partial charge in [-0.2, -0.15) is 5.10 Å². The van der Waals surface area contributed by atoms with Crippen LogP contribution in [0.1, 0.15) is 30.0 Å². The first kappa shape index (κ1) is 13.2. The molecular formula is C10H18N2O3S. The number of rotatable bonds is 4. The molecule has 16 heavy (non-hydrogen) atoms. The highest BCUT2D eigenvalue weighted by Gasteiger charge is 2.16. The van der Waals surface area contributed by atoms with E-state index in [-0.39, 0.29) is 5.75 Å². The molecule has 0 aromatic carbocycles. The van der Waals surface area contributed by atoms with Gasteiger partial charge < -0.3 is 5.11 Å². The second-order valence-electron chi connectivity index (χ2n) is 4.11. The molecule has 1 aromatic heterocycles. The highest BCUT2D eigenvalue weighted by Crippen LogP contribution is 2.20. The van der Waals surface area contributed by atoms with E-state index in [9.17, 15) is 13.5 Å². The van der Waals surface area contributed by atoms with Crippen LogP contribution in [0.4, 0.5) is 0 Å². The van der Waals surface area contributed by atoms with Crippen LogP contribution in [-0.2, 0) is 16.4 Å². The van der Waals surface area contributed by atoms with E-state index in [0.29, 0.717) is 6.54 Å². The Labute approximate surface area is 96.0 Å². The predicted octanol–water partition coefficient (Wildman–Crippen LogP) is 0.598. The third-order valence-electron chi connectivity index (χ3n) is 2.53. The normalized spacial score (nSPS) is 14.1. The Hall–Kier alpha value is -0.880. The summed E-state index contributed by atoms with van der Waals surface area (Å²) in [6.45, 7) is 5.66. The third kappa shape index (κ3) is 3.05. The second kappa shape index (κ2) is 4.55. The van der Waals surface area contributed by atoms with E-state index in [4.69, 9.17) is 0 Å². The van der Waals surface area contributed by atoms with Crippen LogP contribution < -0.4 is 0 Å². The number of hydrogen-bond acceptors (Lipinski definition) is 4. The highest BCUT2D eigenvalue weighted by atomic mass is 32.2. The summed E-state index contributed by atoms with van der Waals surface area (Å²) in [5.41, 5.74) is 2.37. The summed E-state index contributed by atoms with van der Waals surface area (Å²) < 4.78 is 23.7. The van der Waals surface area contributed by atoms with E-state index < -0.39 is 15.9 Å². The second-order valence-corrected chi connectivity index (χ2v) is 6.37. The molecule has 0 spiro atoms. The summed E-state index contributed by atoms with van der Waals surface area (Å²) in [5.74, 6) is 0.0637. The smallest absolute Gasteiger partial charge is 0.149 e. The van der Waals surface area contributed by atoms with Crippen molar-refractivity contribution in [2.45, 2.75) is 33.4 Å². The van der Waals surface area contributed by atoms with Gasteiger partial charge in [0.1, 0.15) is 9.84 Å². The summed E-state index contributed by atoms with van der Waals surface area (Å²) in [5, 5.41) is 13.8. The molecule has 0 saturated heterocycles. The fraction of sp³-hybridized carbons (Fsp3) is 0.700. The van der Waals surface area contributed by atoms with Gasteiger partial charge in [0.2, 0.25) is 0 Å². The van der Waals surface area contributed by atoms with Crippen molar-refractivity contribution in [3.63, 3.8) is 0 Å². The van der Waals surface area contributed by atoms with Crippen LogP contribution in [0, 0.1) is 13.8 Å². The van der Waals surface area contributed by atoms with Crippen molar-refractivity contribution in [2.75, 3.05) is 12.0 Å². The van der Waals surface area contributed by atoms with Crippen LogP contribution in [0.15, 0.2) is 0 Å². The molecule has 92 valence electrons. The van der Waals surface area contributed by atoms with Gasteiger partial charge in [-0.25, -0.2) is 8.42 Å². The number of aromatic nitrogens is 2. The Morgan fingerprint density at radius 2 is 2.00 bits per heavy atom. The van der Waals surface area contributed by atoms with E-state index in [0.717, 1.165) is 17.0 Å². The summed E-state index contributed by atoms with van der Waals surface area (Å²) >= 11 is 0. The van der Waals surface area contributed by atoms with Crippen LogP contribution in [0.3, 0.4) is 0 Å². The van der Waals surface area contributed by atoms with Crippen LogP contribution in [0.2, 0.25) is 0 Å². The molecule has 5 nitrogen and oxygen atoms in total. The molecule has 1 atom stereocenters. The number of aryl methyl sites for hydroxylation is 2. The molecule has 0 bridgehead atoms. The van der Waals surface area contributed by atoms with Gasteiger partial charge in [-0.3, -0.25) is 4.68 Å². The average Bonchev–Trinajstić information content (AvgIpc) is 2.36. The molecule has 0 radical (unpaired) electrons. The van der Waals surface area contributed by atoms with Gasteiger partial charge in [-0.15, -0.1) is 0 Å². The first-order valence-electron chi connectivity index (χ1n) is 5.12. The van der Waals surface area contributed by atoms with Crippen molar-refractivity contribution in [1.82, 2.24) is 9.78 Å². The maximum Gasteiger partial charge on any atom is 0.149 e. The molecule has 0 aliphatic rings. The zero-order valence-electron chi connectivity index (χ0n) is 10.1. The minimum atomic E-state index is -2.99. The number of sulfone groups is 1. The van der Waals surface area contributed by atoms with E-state index in [2.05, 4.69) is 5.10 Å². The molecule has 1 N–H and O–H groups in total. The molecule has 0 amide bonds. The minimum absolute atomic E-state index is 0.0637. The molecule has 0 aliphatic heterocycles. The lowest BCUT2D eigenvalue weighted by Crippen LogP contribution is -2.13. The molecule has 0 unspecified atom stereocenters. The molecule has 1 heterocycles. The highest BCUT2D eigenvalue weighted by molar-refractivity contribution is 7.90. The van der Waals surface area contributed by atoms with Crippen molar-refractivity contribution >= 4 is 9.84 Å². The van der Waals surface area contributed by atoms with Crippen LogP contribution in [0.25, 0.3) is 0 Å². The summed E-state index contributed by atoms with van der Waals surface area (Å²) in [7, 11) is -2.99. The number of nitrogens with zero attached hydrogens (tertiary/aromatic N) is 2. The van der Waals surface area contributed by atoms with Crippen molar-refractivity contribution < 1.29 is 13.5 Å². The average molecular weight is 246 g/mol. The van der Waals surface area contributed by atoms with Crippen LogP contribution >= 0.6 is 0 Å². The van der Waals surface area contributed by atoms with Gasteiger partial charge >= 0.3 is 0 Å². The molecule has 0 aliphatic carbocycles. The van der Waals surface area contributed by atoms with Crippen molar-refractivity contribution in [3.8, 4) is 0 Å². The third-order valence-corrected chi connectivity index (χ3v) is 3.45. The van der Waals surface area contributed by atoms with Crippen LogP contribution in [-0.4, -0.2) is 35.3 Å². The van der Waals surface area contributed by atoms with E-state index in [1.807, 2.05) is 13.8 Å². The molecule has 0 saturated carbocycles. The quantitative estimate of drug-likeness (QED) is 0.844. The lowest BCUT2D eigenvalue weighted by Gasteiger charge is -2.06. The molecule has 1 aromatic rings. The molecular weight excluding hydrogens is 228 g/mol. The molecule has 6 heteroatoms. The van der Waals surface area contributed by atoms with Crippen molar-refractivity contribution in [3.05, 3.63) is 17.0 Å². The first-order valence-corrected chi connectivity index (χ1v) is 7.18. The lowest BCUT2D eigenvalue weighted by atomic mass is 10.1. The number of aliphatic hydroxyl groups is 1. The van der Waals surface area contributed by atoms with E-state index in [1.54, 1.807) is 11.6 Å². The standard InChI is InChI=1S/C10H18N2O3S/c1-7-10(9(3)13)8(2)12(11-7)5-6-16(4,14)15/h9,13H,5-6H2,1-4H3/t9-/m0/s1. The topological polar surface area (TPSA) is 72.2 Å². The zero-order valence-corrected chi connectivity index (χ0v) is 10.9. The Morgan fingerprint density at radius 1 is 1.44 bits per heavy atom. The van der Waals surface area contributed by atoms with E-state index >= 15 is 0 Å². The Morgan fingerprint density at radius 3 is 2.38 bits per heavy atom. The van der Waals surface area contributed by atoms with Gasteiger partial charge in [0, 0.05) is 17.5 Å². The van der Waals surface area contributed by atoms with Gasteiger partial charge in [0.25, 0.3) is 0 Å². The fourth-order valence-electron chi connectivity index (χ4n) is 1.79. The summed E-state index contributed by atoms with van der Waals surface area (Å²) in [6.07, 6.45) is 0.626. The summed E-state index contributed by atoms with van der Waals surface area (Å²) in [4.78, 5) is 0. The van der Waals surface area contributed by atoms with Crippen molar-refractivity contribution in [2.24, 2.45) is 0 Å². The van der Waals surface area contributed by atoms with Crippen LogP contribution in [0.5, 0.6) is 0 Å².